The number of fused-ring (bicyclic) bond motifs is 4. The molecule has 8 heterocycles. The van der Waals surface area contributed by atoms with Crippen LogP contribution in [0.4, 0.5) is 69.7 Å². The van der Waals surface area contributed by atoms with E-state index in [0.29, 0.717) is 66.9 Å². The molecule has 4 amide bonds. The number of aromatic nitrogens is 5. The second-order valence-electron chi connectivity index (χ2n) is 34.7. The number of nitrogens with one attached hydrogen (secondary N) is 6. The third-order valence-electron chi connectivity index (χ3n) is 25.0. The fraction of sp³-hybridized carbons (Fsp3) is 0.221. The molecule has 768 valence electrons. The van der Waals surface area contributed by atoms with Gasteiger partial charge in [0.1, 0.15) is 47.4 Å². The number of carboxylic acid groups (broad SMARTS) is 4. The molecule has 0 saturated heterocycles. The average molecular weight is 2050 g/mol. The average Bonchev–Trinajstić information content (AvgIpc) is 1.78. The second-order valence-corrected chi connectivity index (χ2v) is 34.7. The first kappa shape index (κ1) is 108. The number of aryl methyl sites for hydroxylation is 4. The van der Waals surface area contributed by atoms with Crippen molar-refractivity contribution in [3.8, 4) is 50.3 Å². The van der Waals surface area contributed by atoms with Gasteiger partial charge in [-0.1, -0.05) is 158 Å². The summed E-state index contributed by atoms with van der Waals surface area (Å²) in [6.45, 7) is 5.61. The summed E-state index contributed by atoms with van der Waals surface area (Å²) in [4.78, 5) is 172. The largest absolute Gasteiger partial charge is 0.505 e. The highest BCUT2D eigenvalue weighted by Gasteiger charge is 2.44. The van der Waals surface area contributed by atoms with Crippen molar-refractivity contribution in [1.82, 2.24) is 44.5 Å². The normalized spacial score (nSPS) is 14.8. The van der Waals surface area contributed by atoms with Gasteiger partial charge in [-0.15, -0.1) is 0 Å². The van der Waals surface area contributed by atoms with Gasteiger partial charge in [-0.05, 0) is 133 Å². The summed E-state index contributed by atoms with van der Waals surface area (Å²) in [7, 11) is 5.51. The van der Waals surface area contributed by atoms with E-state index in [4.69, 9.17) is 5.73 Å². The molecule has 8 aromatic carbocycles. The monoisotopic (exact) mass is 2050 g/mol. The second kappa shape index (κ2) is 43.2. The van der Waals surface area contributed by atoms with Crippen molar-refractivity contribution in [2.75, 3.05) is 5.32 Å². The van der Waals surface area contributed by atoms with Gasteiger partial charge < -0.3 is 86.2 Å². The number of Topliss-reactive ketones (excluding diaryl/α,β-unsaturated/α-hetero) is 1. The van der Waals surface area contributed by atoms with Crippen LogP contribution in [0.25, 0.3) is 55.4 Å². The zero-order chi connectivity index (χ0) is 108. The number of alkyl halides is 12. The van der Waals surface area contributed by atoms with Crippen LogP contribution in [0.5, 0.6) is 5.75 Å². The Morgan fingerprint density at radius 2 is 0.689 bits per heavy atom. The number of benzene rings is 8. The molecule has 44 heteroatoms. The van der Waals surface area contributed by atoms with Crippen molar-refractivity contribution in [2.45, 2.75) is 120 Å². The lowest BCUT2D eigenvalue weighted by Gasteiger charge is -2.18. The predicted molar refractivity (Wildman–Crippen MR) is 517 cm³/mol. The van der Waals surface area contributed by atoms with E-state index in [-0.39, 0.29) is 93.6 Å². The van der Waals surface area contributed by atoms with Crippen LogP contribution in [0.15, 0.2) is 248 Å². The SMILES string of the molecule is Cc1cc(C(F)(F)F)c(-c2ccc(C[C@H](NC(=O)C3=Nc4ccccc4C3N)C(=O)O)cc2)c(=O)n1C.Cc1cc(C(F)(F)F)c(-c2ccc(C[C@H](NC(=O)C3=Nc4ccccc4C3O)C(=O)O)cc2)c(=O)n1C.Cc1cc(C(F)(F)F)c(-c2ccc(C[C@H](NC(=O)C3Nc4ccccc4C3=O)C(=O)O)cc2)c(=O)n1C.Cc1cc(C(F)(F)F)c(-c2ccc(C[C@H](NC(=O)c3[nH]c4ccccc4c3O)C(=O)O)cc2)c(=O)n1C. The molecule has 148 heavy (non-hydrogen) atoms. The number of ketones is 1. The van der Waals surface area contributed by atoms with Gasteiger partial charge >= 0.3 is 48.6 Å². The summed E-state index contributed by atoms with van der Waals surface area (Å²) in [5, 5.41) is 71.9. The summed E-state index contributed by atoms with van der Waals surface area (Å²) in [5.41, 5.74) is 1.76. The first-order valence-corrected chi connectivity index (χ1v) is 44.6. The smallest absolute Gasteiger partial charge is 0.417 e. The van der Waals surface area contributed by atoms with Crippen molar-refractivity contribution in [2.24, 2.45) is 43.9 Å². The van der Waals surface area contributed by atoms with Gasteiger partial charge in [-0.2, -0.15) is 52.7 Å². The quantitative estimate of drug-likeness (QED) is 0.0197. The number of rotatable bonds is 24. The van der Waals surface area contributed by atoms with E-state index in [2.05, 4.69) is 41.6 Å². The molecule has 0 bridgehead atoms. The number of aliphatic hydroxyl groups excluding tert-OH is 1. The Kier molecular flexibility index (Phi) is 31.5. The zero-order valence-corrected chi connectivity index (χ0v) is 78.9. The number of aromatic amines is 1. The van der Waals surface area contributed by atoms with E-state index in [1.54, 1.807) is 97.1 Å². The number of halogens is 12. The van der Waals surface area contributed by atoms with Crippen molar-refractivity contribution >= 4 is 92.7 Å². The Hall–Kier alpha value is -17.5. The van der Waals surface area contributed by atoms with Crippen LogP contribution in [-0.2, 0) is 112 Å². The fourth-order valence-corrected chi connectivity index (χ4v) is 16.6. The number of pyridine rings is 4. The van der Waals surface area contributed by atoms with Crippen molar-refractivity contribution < 1.29 is 126 Å². The lowest BCUT2D eigenvalue weighted by atomic mass is 9.97. The molecule has 14 N–H and O–H groups in total. The van der Waals surface area contributed by atoms with Gasteiger partial charge in [0, 0.05) is 110 Å². The molecule has 0 aliphatic carbocycles. The Morgan fingerprint density at radius 1 is 0.392 bits per heavy atom. The lowest BCUT2D eigenvalue weighted by Crippen LogP contribution is -2.49. The van der Waals surface area contributed by atoms with E-state index in [1.807, 2.05) is 0 Å². The van der Waals surface area contributed by atoms with Gasteiger partial charge in [-0.25, -0.2) is 29.2 Å². The van der Waals surface area contributed by atoms with E-state index >= 15 is 0 Å². The zero-order valence-electron chi connectivity index (χ0n) is 78.9. The van der Waals surface area contributed by atoms with Gasteiger partial charge in [0.25, 0.3) is 45.9 Å². The molecule has 16 rings (SSSR count). The van der Waals surface area contributed by atoms with E-state index < -0.39 is 187 Å². The van der Waals surface area contributed by atoms with Crippen LogP contribution >= 0.6 is 0 Å². The predicted octanol–water partition coefficient (Wildman–Crippen LogP) is 13.7. The number of aliphatic imine (C=N–C) groups is 2. The third-order valence-corrected chi connectivity index (χ3v) is 25.0. The van der Waals surface area contributed by atoms with Gasteiger partial charge in [0.2, 0.25) is 0 Å². The lowest BCUT2D eigenvalue weighted by molar-refractivity contribution is -0.142. The molecule has 0 saturated carbocycles. The first-order chi connectivity index (χ1) is 69.5. The van der Waals surface area contributed by atoms with Crippen molar-refractivity contribution in [3.05, 3.63) is 349 Å². The highest BCUT2D eigenvalue weighted by atomic mass is 19.4. The van der Waals surface area contributed by atoms with Crippen molar-refractivity contribution in [3.63, 3.8) is 0 Å². The van der Waals surface area contributed by atoms with Gasteiger partial charge in [0.05, 0.1) is 61.9 Å². The maximum Gasteiger partial charge on any atom is 0.417 e. The minimum absolute atomic E-state index is 0.0160. The Labute approximate surface area is 829 Å². The Balaban J connectivity index is 0.000000165. The number of nitrogens with two attached hydrogens (primary N) is 1. The number of anilines is 1. The summed E-state index contributed by atoms with van der Waals surface area (Å²) in [5.74, 6) is -9.41. The number of aromatic hydroxyl groups is 1. The minimum atomic E-state index is -4.75. The van der Waals surface area contributed by atoms with Crippen LogP contribution in [0.1, 0.15) is 111 Å². The molecule has 3 unspecified atom stereocenters. The molecular weight excluding hydrogens is 1960 g/mol. The number of H-pyrrole nitrogens is 1. The summed E-state index contributed by atoms with van der Waals surface area (Å²) < 4.78 is 168. The number of carboxylic acids is 4. The summed E-state index contributed by atoms with van der Waals surface area (Å²) in [6.07, 6.45) is -21.1. The number of carbonyl (C=O) groups is 9. The van der Waals surface area contributed by atoms with Crippen molar-refractivity contribution in [1.29, 1.82) is 0 Å². The molecule has 32 nitrogen and oxygen atoms in total. The number of nitrogens with zero attached hydrogens (tertiary/aromatic N) is 6. The molecule has 3 aliphatic heterocycles. The summed E-state index contributed by atoms with van der Waals surface area (Å²) in [6, 6.07) is 44.3. The first-order valence-electron chi connectivity index (χ1n) is 44.6. The van der Waals surface area contributed by atoms with Crippen LogP contribution in [0.2, 0.25) is 0 Å². The highest BCUT2D eigenvalue weighted by Crippen LogP contribution is 2.43. The third kappa shape index (κ3) is 23.5. The standard InChI is InChI=1S/C26H23F3N4O4.3C26H22F3N3O5/c1-13-11-17(26(27,28)29)20(24(35)33(13)2)15-9-7-14(8-10-15)12-19(25(36)37)32-23(34)22-21(30)16-5-3-4-6-18(16)31-22;3*1-13-11-17(26(27,28)29)20(24(35)32(13)2)15-9-7-14(8-10-15)12-19(25(36)37)31-23(34)21-22(33)16-5-3-4-6-18(16)30-21/h3-11,19,21H,12,30H2,1-2H3,(H,32,34)(H,36,37);3-11,19,30,33H,12H2,1-2H3,(H,31,34)(H,36,37);3-11,19,22,33H,12H2,1-2H3,(H,31,34)(H,36,37);3-11,19,21,30H,12H2,1-2H3,(H,31,34)(H,36,37)/t19-,21?;19-;19-,22?;19-,21?/m0000/s1. The molecular formula is C104H89F12N13O19. The Bertz CT molecular complexity index is 7580. The number of carbonyl (C=O) groups excluding carboxylic acids is 5. The summed E-state index contributed by atoms with van der Waals surface area (Å²) >= 11 is 0. The maximum absolute atomic E-state index is 13.7. The molecule has 5 aromatic heterocycles. The van der Waals surface area contributed by atoms with E-state index in [9.17, 15) is 146 Å². The molecule has 0 radical (unpaired) electrons. The maximum atomic E-state index is 13.7. The number of aliphatic hydroxyl groups is 1. The number of hydrogen-bond donors (Lipinski definition) is 13. The Morgan fingerprint density at radius 3 is 1.02 bits per heavy atom. The topological polar surface area (TPSA) is 490 Å². The molecule has 0 fully saturated rings. The number of amides is 4. The number of hydrogen-bond acceptors (Lipinski definition) is 19. The van der Waals surface area contributed by atoms with Gasteiger partial charge in [0.15, 0.2) is 17.6 Å². The minimum Gasteiger partial charge on any atom is -0.505 e. The number of aliphatic carboxylic acids is 4. The number of para-hydroxylation sites is 4. The van der Waals surface area contributed by atoms with Crippen LogP contribution in [0.3, 0.4) is 0 Å². The molecule has 7 atom stereocenters. The molecule has 13 aromatic rings. The fourth-order valence-electron chi connectivity index (χ4n) is 16.6. The van der Waals surface area contributed by atoms with Gasteiger partial charge in [-0.3, -0.25) is 43.2 Å². The molecule has 0 spiro atoms. The van der Waals surface area contributed by atoms with E-state index in [0.717, 1.165) is 42.5 Å². The van der Waals surface area contributed by atoms with E-state index in [1.165, 1.54) is 153 Å². The highest BCUT2D eigenvalue weighted by molar-refractivity contribution is 6.43. The molecule has 3 aliphatic rings. The van der Waals surface area contributed by atoms with Crippen LogP contribution in [0, 0.1) is 27.7 Å². The van der Waals surface area contributed by atoms with Crippen LogP contribution in [-0.4, -0.2) is 149 Å². The van der Waals surface area contributed by atoms with Crippen LogP contribution < -0.4 is 54.6 Å².